The van der Waals surface area contributed by atoms with Crippen LogP contribution in [0.25, 0.3) is 0 Å². The molecule has 0 saturated heterocycles. The van der Waals surface area contributed by atoms with Crippen LogP contribution in [0.15, 0.2) is 23.1 Å². The molecule has 0 aliphatic carbocycles. The van der Waals surface area contributed by atoms with Crippen LogP contribution >= 0.6 is 23.4 Å². The maximum absolute atomic E-state index is 11.4. The molecule has 0 radical (unpaired) electrons. The molecule has 1 rings (SSSR count). The summed E-state index contributed by atoms with van der Waals surface area (Å²) >= 11 is 7.30. The minimum atomic E-state index is -0.113. The fourth-order valence-electron chi connectivity index (χ4n) is 1.09. The van der Waals surface area contributed by atoms with Gasteiger partial charge in [-0.1, -0.05) is 11.6 Å². The molecule has 0 saturated carbocycles. The molecule has 0 spiro atoms. The van der Waals surface area contributed by atoms with Crippen molar-refractivity contribution in [1.82, 2.24) is 5.32 Å². The Morgan fingerprint density at radius 2 is 2.35 bits per heavy atom. The Labute approximate surface area is 109 Å². The zero-order valence-corrected chi connectivity index (χ0v) is 10.6. The van der Waals surface area contributed by atoms with E-state index in [9.17, 15) is 4.79 Å². The molecule has 3 N–H and O–H groups in total. The standard InChI is InChI=1S/C11H12ClN3OS/c12-9-6-8(14)2-3-10(9)17-7-11(16)15-5-1-4-13/h2-3,6H,1,5,7,14H2,(H,15,16). The smallest absolute Gasteiger partial charge is 0.230 e. The number of nitrogens with one attached hydrogen (secondary N) is 1. The summed E-state index contributed by atoms with van der Waals surface area (Å²) in [6.07, 6.45) is 0.318. The molecule has 17 heavy (non-hydrogen) atoms. The van der Waals surface area contributed by atoms with Crippen LogP contribution in [-0.2, 0) is 4.79 Å². The van der Waals surface area contributed by atoms with Gasteiger partial charge in [-0.05, 0) is 18.2 Å². The summed E-state index contributed by atoms with van der Waals surface area (Å²) in [6, 6.07) is 7.13. The van der Waals surface area contributed by atoms with Crippen LogP contribution in [-0.4, -0.2) is 18.2 Å². The Balaban J connectivity index is 2.40. The van der Waals surface area contributed by atoms with Gasteiger partial charge in [0.1, 0.15) is 0 Å². The van der Waals surface area contributed by atoms with Crippen LogP contribution in [0, 0.1) is 11.3 Å². The number of hydrogen-bond donors (Lipinski definition) is 2. The van der Waals surface area contributed by atoms with Gasteiger partial charge in [-0.2, -0.15) is 5.26 Å². The summed E-state index contributed by atoms with van der Waals surface area (Å²) in [4.78, 5) is 12.2. The number of nitriles is 1. The third-order valence-electron chi connectivity index (χ3n) is 1.87. The van der Waals surface area contributed by atoms with Gasteiger partial charge in [0.25, 0.3) is 0 Å². The van der Waals surface area contributed by atoms with E-state index in [1.807, 2.05) is 6.07 Å². The first kappa shape index (κ1) is 13.7. The van der Waals surface area contributed by atoms with E-state index in [0.717, 1.165) is 4.90 Å². The van der Waals surface area contributed by atoms with Crippen LogP contribution in [0.4, 0.5) is 5.69 Å². The van der Waals surface area contributed by atoms with Crippen LogP contribution in [0.1, 0.15) is 6.42 Å². The van der Waals surface area contributed by atoms with Gasteiger partial charge < -0.3 is 11.1 Å². The molecule has 0 atom stereocenters. The van der Waals surface area contributed by atoms with E-state index >= 15 is 0 Å². The number of nitrogens with zero attached hydrogens (tertiary/aromatic N) is 1. The summed E-state index contributed by atoms with van der Waals surface area (Å²) in [7, 11) is 0. The maximum atomic E-state index is 11.4. The molecule has 0 unspecified atom stereocenters. The number of anilines is 1. The number of benzene rings is 1. The molecule has 1 aromatic rings. The van der Waals surface area contributed by atoms with Crippen LogP contribution < -0.4 is 11.1 Å². The predicted molar refractivity (Wildman–Crippen MR) is 69.8 cm³/mol. The molecular formula is C11H12ClN3OS. The molecular weight excluding hydrogens is 258 g/mol. The highest BCUT2D eigenvalue weighted by Crippen LogP contribution is 2.28. The highest BCUT2D eigenvalue weighted by Gasteiger charge is 2.05. The number of carbonyl (C=O) groups excluding carboxylic acids is 1. The van der Waals surface area contributed by atoms with Crippen molar-refractivity contribution < 1.29 is 4.79 Å². The van der Waals surface area contributed by atoms with E-state index in [1.54, 1.807) is 18.2 Å². The van der Waals surface area contributed by atoms with Crippen molar-refractivity contribution >= 4 is 35.0 Å². The number of carbonyl (C=O) groups is 1. The molecule has 0 bridgehead atoms. The van der Waals surface area contributed by atoms with E-state index in [4.69, 9.17) is 22.6 Å². The van der Waals surface area contributed by atoms with Gasteiger partial charge >= 0.3 is 0 Å². The zero-order chi connectivity index (χ0) is 12.7. The highest BCUT2D eigenvalue weighted by molar-refractivity contribution is 8.00. The molecule has 0 fully saturated rings. The summed E-state index contributed by atoms with van der Waals surface area (Å²) in [5.74, 6) is 0.160. The number of amides is 1. The summed E-state index contributed by atoms with van der Waals surface area (Å²) in [5.41, 5.74) is 6.16. The summed E-state index contributed by atoms with van der Waals surface area (Å²) in [5, 5.41) is 11.5. The second-order valence-electron chi connectivity index (χ2n) is 3.24. The normalized spacial score (nSPS) is 9.65. The van der Waals surface area contributed by atoms with E-state index in [1.165, 1.54) is 11.8 Å². The molecule has 4 nitrogen and oxygen atoms in total. The van der Waals surface area contributed by atoms with Crippen LogP contribution in [0.5, 0.6) is 0 Å². The average molecular weight is 270 g/mol. The van der Waals surface area contributed by atoms with Crippen LogP contribution in [0.2, 0.25) is 5.02 Å². The quantitative estimate of drug-likeness (QED) is 0.487. The monoisotopic (exact) mass is 269 g/mol. The maximum Gasteiger partial charge on any atom is 0.230 e. The van der Waals surface area contributed by atoms with Gasteiger partial charge in [0.05, 0.1) is 23.3 Å². The Morgan fingerprint density at radius 1 is 1.59 bits per heavy atom. The second kappa shape index (κ2) is 7.05. The average Bonchev–Trinajstić information content (AvgIpc) is 2.28. The number of thioether (sulfide) groups is 1. The van der Waals surface area contributed by atoms with Crippen molar-refractivity contribution in [3.05, 3.63) is 23.2 Å². The van der Waals surface area contributed by atoms with E-state index < -0.39 is 0 Å². The third-order valence-corrected chi connectivity index (χ3v) is 3.37. The molecule has 0 aromatic heterocycles. The fourth-order valence-corrected chi connectivity index (χ4v) is 2.19. The Bertz CT molecular complexity index is 445. The van der Waals surface area contributed by atoms with Crippen molar-refractivity contribution in [2.45, 2.75) is 11.3 Å². The minimum Gasteiger partial charge on any atom is -0.399 e. The summed E-state index contributed by atoms with van der Waals surface area (Å²) < 4.78 is 0. The lowest BCUT2D eigenvalue weighted by atomic mass is 10.3. The van der Waals surface area contributed by atoms with Crippen molar-refractivity contribution in [3.8, 4) is 6.07 Å². The molecule has 0 aliphatic heterocycles. The molecule has 6 heteroatoms. The molecule has 0 aliphatic rings. The molecule has 1 aromatic carbocycles. The largest absolute Gasteiger partial charge is 0.399 e. The van der Waals surface area contributed by atoms with E-state index in [-0.39, 0.29) is 11.7 Å². The Hall–Kier alpha value is -1.38. The Kier molecular flexibility index (Phi) is 5.67. The number of nitrogens with two attached hydrogens (primary N) is 1. The predicted octanol–water partition coefficient (Wildman–Crippen LogP) is 2.04. The minimum absolute atomic E-state index is 0.113. The van der Waals surface area contributed by atoms with Gasteiger partial charge in [0.15, 0.2) is 0 Å². The van der Waals surface area contributed by atoms with Crippen molar-refractivity contribution in [2.75, 3.05) is 18.0 Å². The third kappa shape index (κ3) is 4.98. The fraction of sp³-hybridized carbons (Fsp3) is 0.273. The lowest BCUT2D eigenvalue weighted by Crippen LogP contribution is -2.25. The van der Waals surface area contributed by atoms with E-state index in [0.29, 0.717) is 23.7 Å². The lowest BCUT2D eigenvalue weighted by molar-refractivity contribution is -0.118. The first-order valence-electron chi connectivity index (χ1n) is 4.95. The summed E-state index contributed by atoms with van der Waals surface area (Å²) in [6.45, 7) is 0.380. The number of halogens is 1. The van der Waals surface area contributed by atoms with E-state index in [2.05, 4.69) is 5.32 Å². The first-order chi connectivity index (χ1) is 8.13. The zero-order valence-electron chi connectivity index (χ0n) is 9.07. The topological polar surface area (TPSA) is 78.9 Å². The van der Waals surface area contributed by atoms with Gasteiger partial charge in [-0.3, -0.25) is 4.79 Å². The molecule has 90 valence electrons. The number of nitrogen functional groups attached to an aromatic ring is 1. The molecule has 0 heterocycles. The van der Waals surface area contributed by atoms with Gasteiger partial charge in [0, 0.05) is 17.1 Å². The van der Waals surface area contributed by atoms with Crippen molar-refractivity contribution in [3.63, 3.8) is 0 Å². The van der Waals surface area contributed by atoms with Crippen molar-refractivity contribution in [1.29, 1.82) is 5.26 Å². The lowest BCUT2D eigenvalue weighted by Gasteiger charge is -2.05. The second-order valence-corrected chi connectivity index (χ2v) is 4.66. The van der Waals surface area contributed by atoms with Gasteiger partial charge in [-0.15, -0.1) is 11.8 Å². The first-order valence-corrected chi connectivity index (χ1v) is 6.31. The van der Waals surface area contributed by atoms with Crippen molar-refractivity contribution in [2.24, 2.45) is 0 Å². The van der Waals surface area contributed by atoms with Crippen LogP contribution in [0.3, 0.4) is 0 Å². The highest BCUT2D eigenvalue weighted by atomic mass is 35.5. The number of hydrogen-bond acceptors (Lipinski definition) is 4. The molecule has 1 amide bonds. The number of rotatable bonds is 5. The van der Waals surface area contributed by atoms with Gasteiger partial charge in [-0.25, -0.2) is 0 Å². The SMILES string of the molecule is N#CCCNC(=O)CSc1ccc(N)cc1Cl. The van der Waals surface area contributed by atoms with Gasteiger partial charge in [0.2, 0.25) is 5.91 Å². The Morgan fingerprint density at radius 3 is 3.00 bits per heavy atom.